The normalized spacial score (nSPS) is 10.9. The summed E-state index contributed by atoms with van der Waals surface area (Å²) in [4.78, 5) is 23.8. The van der Waals surface area contributed by atoms with Crippen LogP contribution in [0.15, 0.2) is 42.5 Å². The Labute approximate surface area is 236 Å². The zero-order chi connectivity index (χ0) is 30.1. The van der Waals surface area contributed by atoms with E-state index in [2.05, 4.69) is 5.32 Å². The number of rotatable bonds is 12. The van der Waals surface area contributed by atoms with E-state index in [9.17, 15) is 20.0 Å². The second kappa shape index (κ2) is 13.6. The highest BCUT2D eigenvalue weighted by Gasteiger charge is 2.21. The molecule has 0 atom stereocenters. The lowest BCUT2D eigenvalue weighted by Gasteiger charge is -2.14. The van der Waals surface area contributed by atoms with E-state index < -0.39 is 10.8 Å². The molecule has 0 saturated heterocycles. The van der Waals surface area contributed by atoms with Gasteiger partial charge in [0, 0.05) is 17.7 Å². The number of carbonyl (C=O) groups excluding carboxylic acids is 1. The highest BCUT2D eigenvalue weighted by molar-refractivity contribution is 6.05. The van der Waals surface area contributed by atoms with Gasteiger partial charge in [-0.1, -0.05) is 12.2 Å². The second-order valence-electron chi connectivity index (χ2n) is 8.23. The topological polar surface area (TPSA) is 148 Å². The molecule has 2 N–H and O–H groups in total. The average Bonchev–Trinajstić information content (AvgIpc) is 2.98. The van der Waals surface area contributed by atoms with Crippen molar-refractivity contribution in [2.45, 2.75) is 0 Å². The highest BCUT2D eigenvalue weighted by Crippen LogP contribution is 2.41. The van der Waals surface area contributed by atoms with Gasteiger partial charge < -0.3 is 38.8 Å². The molecule has 41 heavy (non-hydrogen) atoms. The van der Waals surface area contributed by atoms with Crippen LogP contribution in [0.1, 0.15) is 16.7 Å². The number of nitrogens with zero attached hydrogens (tertiary/aromatic N) is 1. The van der Waals surface area contributed by atoms with Crippen LogP contribution in [-0.4, -0.2) is 58.6 Å². The first-order valence-electron chi connectivity index (χ1n) is 12.0. The molecule has 216 valence electrons. The molecular weight excluding hydrogens is 536 g/mol. The maximum absolute atomic E-state index is 12.9. The number of phenols is 1. The van der Waals surface area contributed by atoms with E-state index in [1.54, 1.807) is 30.4 Å². The van der Waals surface area contributed by atoms with Crippen molar-refractivity contribution in [3.05, 3.63) is 69.3 Å². The van der Waals surface area contributed by atoms with Crippen LogP contribution in [-0.2, 0) is 4.79 Å². The van der Waals surface area contributed by atoms with E-state index in [1.165, 1.54) is 73.0 Å². The van der Waals surface area contributed by atoms with Gasteiger partial charge in [-0.25, -0.2) is 0 Å². The number of anilines is 1. The third-order valence-corrected chi connectivity index (χ3v) is 5.87. The van der Waals surface area contributed by atoms with Gasteiger partial charge in [0.05, 0.1) is 53.3 Å². The Morgan fingerprint density at radius 1 is 0.756 bits per heavy atom. The lowest BCUT2D eigenvalue weighted by atomic mass is 10.1. The highest BCUT2D eigenvalue weighted by atomic mass is 16.6. The van der Waals surface area contributed by atoms with Crippen LogP contribution in [0, 0.1) is 10.1 Å². The average molecular weight is 567 g/mol. The summed E-state index contributed by atoms with van der Waals surface area (Å²) in [6.07, 6.45) is 6.02. The Bertz CT molecular complexity index is 1470. The third-order valence-electron chi connectivity index (χ3n) is 5.87. The molecule has 0 aromatic heterocycles. The van der Waals surface area contributed by atoms with E-state index in [4.69, 9.17) is 28.4 Å². The maximum Gasteiger partial charge on any atom is 0.315 e. The van der Waals surface area contributed by atoms with Crippen LogP contribution < -0.4 is 33.7 Å². The van der Waals surface area contributed by atoms with Crippen molar-refractivity contribution in [1.82, 2.24) is 0 Å². The number of hydrogen-bond donors (Lipinski definition) is 2. The van der Waals surface area contributed by atoms with Crippen LogP contribution in [0.4, 0.5) is 11.4 Å². The lowest BCUT2D eigenvalue weighted by Crippen LogP contribution is -2.10. The molecule has 0 unspecified atom stereocenters. The smallest absolute Gasteiger partial charge is 0.315 e. The number of nitrogens with one attached hydrogen (secondary N) is 1. The van der Waals surface area contributed by atoms with Crippen molar-refractivity contribution in [2.24, 2.45) is 0 Å². The zero-order valence-electron chi connectivity index (χ0n) is 23.3. The van der Waals surface area contributed by atoms with E-state index in [0.717, 1.165) is 0 Å². The van der Waals surface area contributed by atoms with Gasteiger partial charge in [0.2, 0.25) is 17.4 Å². The number of methoxy groups -OCH3 is 6. The van der Waals surface area contributed by atoms with E-state index in [0.29, 0.717) is 33.9 Å². The summed E-state index contributed by atoms with van der Waals surface area (Å²) in [6, 6.07) is 9.28. The molecule has 0 radical (unpaired) electrons. The van der Waals surface area contributed by atoms with Gasteiger partial charge in [0.1, 0.15) is 0 Å². The van der Waals surface area contributed by atoms with Crippen molar-refractivity contribution in [3.63, 3.8) is 0 Å². The summed E-state index contributed by atoms with van der Waals surface area (Å²) in [5, 5.41) is 24.5. The van der Waals surface area contributed by atoms with Gasteiger partial charge in [-0.3, -0.25) is 14.9 Å². The Morgan fingerprint density at radius 2 is 1.29 bits per heavy atom. The molecular formula is C29H30N2O10. The first-order valence-corrected chi connectivity index (χ1v) is 12.0. The summed E-state index contributed by atoms with van der Waals surface area (Å²) in [5.41, 5.74) is 1.43. The fourth-order valence-electron chi connectivity index (χ4n) is 3.98. The van der Waals surface area contributed by atoms with Gasteiger partial charge in [-0.15, -0.1) is 0 Å². The van der Waals surface area contributed by atoms with Crippen molar-refractivity contribution in [2.75, 3.05) is 48.0 Å². The number of ether oxygens (including phenoxy) is 6. The standard InChI is InChI=1S/C29H30N2O10/c1-36-22-14-17(13-20(31(34)35)27(22)39-4)8-12-25(33)30-26-19(10-11-21(32)28(26)40-5)9-7-18-15-23(37-2)29(41-6)24(16-18)38-3/h7-16,32H,1-6H3,(H,30,33)/b9-7?,12-8+. The molecule has 0 heterocycles. The summed E-state index contributed by atoms with van der Waals surface area (Å²) >= 11 is 0. The first-order chi connectivity index (χ1) is 19.7. The Morgan fingerprint density at radius 3 is 1.80 bits per heavy atom. The number of hydrogen-bond acceptors (Lipinski definition) is 10. The minimum atomic E-state index is -0.608. The SMILES string of the molecule is COc1cc(C=Cc2ccc(O)c(OC)c2NC(=O)/C=C/c2cc(OC)c(OC)c([N+](=O)[O-])c2)cc(OC)c1OC. The molecule has 0 fully saturated rings. The number of amides is 1. The molecule has 3 rings (SSSR count). The molecule has 0 saturated carbocycles. The number of aromatic hydroxyl groups is 1. The molecule has 0 aliphatic carbocycles. The van der Waals surface area contributed by atoms with Crippen molar-refractivity contribution in [1.29, 1.82) is 0 Å². The molecule has 3 aromatic carbocycles. The van der Waals surface area contributed by atoms with E-state index in [-0.39, 0.29) is 34.4 Å². The molecule has 0 spiro atoms. The van der Waals surface area contributed by atoms with Gasteiger partial charge in [-0.2, -0.15) is 0 Å². The molecule has 0 aliphatic heterocycles. The van der Waals surface area contributed by atoms with Crippen LogP contribution >= 0.6 is 0 Å². The number of nitro benzene ring substituents is 1. The third kappa shape index (κ3) is 6.79. The Hall–Kier alpha value is -5.39. The Kier molecular flexibility index (Phi) is 10.0. The van der Waals surface area contributed by atoms with Crippen LogP contribution in [0.25, 0.3) is 18.2 Å². The maximum atomic E-state index is 12.9. The molecule has 12 nitrogen and oxygen atoms in total. The minimum Gasteiger partial charge on any atom is -0.504 e. The number of phenolic OH excluding ortho intramolecular Hbond substituents is 1. The number of carbonyl (C=O) groups is 1. The summed E-state index contributed by atoms with van der Waals surface area (Å²) in [7, 11) is 8.53. The molecule has 12 heteroatoms. The van der Waals surface area contributed by atoms with Crippen molar-refractivity contribution >= 4 is 35.5 Å². The van der Waals surface area contributed by atoms with Gasteiger partial charge in [0.15, 0.2) is 28.7 Å². The van der Waals surface area contributed by atoms with Crippen molar-refractivity contribution < 1.29 is 43.2 Å². The van der Waals surface area contributed by atoms with Gasteiger partial charge in [0.25, 0.3) is 0 Å². The second-order valence-corrected chi connectivity index (χ2v) is 8.23. The fraction of sp³-hybridized carbons (Fsp3) is 0.207. The van der Waals surface area contributed by atoms with Crippen LogP contribution in [0.2, 0.25) is 0 Å². The Balaban J connectivity index is 1.96. The van der Waals surface area contributed by atoms with E-state index >= 15 is 0 Å². The van der Waals surface area contributed by atoms with Gasteiger partial charge >= 0.3 is 5.69 Å². The first kappa shape index (κ1) is 30.2. The number of nitro groups is 1. The van der Waals surface area contributed by atoms with Crippen LogP contribution in [0.3, 0.4) is 0 Å². The lowest BCUT2D eigenvalue weighted by molar-refractivity contribution is -0.385. The fourth-order valence-corrected chi connectivity index (χ4v) is 3.98. The largest absolute Gasteiger partial charge is 0.504 e. The summed E-state index contributed by atoms with van der Waals surface area (Å²) < 4.78 is 31.8. The summed E-state index contributed by atoms with van der Waals surface area (Å²) in [5.74, 6) is 0.731. The number of benzene rings is 3. The molecule has 0 aliphatic rings. The van der Waals surface area contributed by atoms with Gasteiger partial charge in [-0.05, 0) is 47.5 Å². The zero-order valence-corrected chi connectivity index (χ0v) is 23.3. The predicted molar refractivity (Wildman–Crippen MR) is 154 cm³/mol. The molecule has 1 amide bonds. The predicted octanol–water partition coefficient (Wildman–Crippen LogP) is 5.17. The monoisotopic (exact) mass is 566 g/mol. The molecule has 3 aromatic rings. The summed E-state index contributed by atoms with van der Waals surface area (Å²) in [6.45, 7) is 0. The van der Waals surface area contributed by atoms with Crippen LogP contribution in [0.5, 0.6) is 40.2 Å². The quantitative estimate of drug-likeness (QED) is 0.130. The van der Waals surface area contributed by atoms with E-state index in [1.807, 2.05) is 0 Å². The van der Waals surface area contributed by atoms with Crippen molar-refractivity contribution in [3.8, 4) is 40.2 Å². The minimum absolute atomic E-state index is 0.0351. The molecule has 0 bridgehead atoms.